The molecule has 0 fully saturated rings. The summed E-state index contributed by atoms with van der Waals surface area (Å²) in [4.78, 5) is 7.03. The second-order valence-corrected chi connectivity index (χ2v) is 6.93. The molecule has 0 spiro atoms. The first kappa shape index (κ1) is 19.3. The van der Waals surface area contributed by atoms with E-state index in [9.17, 15) is 26.3 Å². The van der Waals surface area contributed by atoms with E-state index in [0.29, 0.717) is 4.52 Å². The second-order valence-electron chi connectivity index (χ2n) is 6.93. The third kappa shape index (κ3) is 4.73. The van der Waals surface area contributed by atoms with Gasteiger partial charge in [0.05, 0.1) is 0 Å². The topological polar surface area (TPSA) is 55.1 Å². The van der Waals surface area contributed by atoms with Crippen LogP contribution < -0.4 is 5.32 Å². The molecule has 25 heavy (non-hydrogen) atoms. The maximum absolute atomic E-state index is 13.3. The van der Waals surface area contributed by atoms with Crippen molar-refractivity contribution in [2.45, 2.75) is 52.5 Å². The van der Waals surface area contributed by atoms with E-state index in [0.717, 1.165) is 0 Å². The van der Waals surface area contributed by atoms with Gasteiger partial charge >= 0.3 is 12.4 Å². The van der Waals surface area contributed by atoms with Crippen molar-refractivity contribution in [3.8, 4) is 0 Å². The van der Waals surface area contributed by atoms with E-state index in [1.807, 2.05) is 0 Å². The zero-order valence-electron chi connectivity index (χ0n) is 13.9. The number of anilines is 1. The fourth-order valence-corrected chi connectivity index (χ4v) is 2.25. The van der Waals surface area contributed by atoms with E-state index < -0.39 is 35.4 Å². The zero-order valence-corrected chi connectivity index (χ0v) is 13.9. The minimum atomic E-state index is -4.83. The van der Waals surface area contributed by atoms with Crippen molar-refractivity contribution in [2.24, 2.45) is 5.41 Å². The number of aromatic nitrogens is 4. The lowest BCUT2D eigenvalue weighted by molar-refractivity contribution is -0.148. The summed E-state index contributed by atoms with van der Waals surface area (Å²) in [5, 5.41) is 5.50. The summed E-state index contributed by atoms with van der Waals surface area (Å²) >= 11 is 0. The molecule has 0 aromatic carbocycles. The first-order valence-corrected chi connectivity index (χ1v) is 7.32. The Kier molecular flexibility index (Phi) is 4.64. The number of hydrogen-bond donors (Lipinski definition) is 1. The first-order chi connectivity index (χ1) is 11.2. The third-order valence-electron chi connectivity index (χ3n) is 3.23. The Morgan fingerprint density at radius 3 is 2.16 bits per heavy atom. The lowest BCUT2D eigenvalue weighted by atomic mass is 9.88. The van der Waals surface area contributed by atoms with E-state index in [2.05, 4.69) is 20.4 Å². The van der Waals surface area contributed by atoms with Gasteiger partial charge in [-0.25, -0.2) is 4.98 Å². The van der Waals surface area contributed by atoms with Crippen LogP contribution in [0.2, 0.25) is 0 Å². The summed E-state index contributed by atoms with van der Waals surface area (Å²) in [5.41, 5.74) is -0.443. The molecule has 1 atom stereocenters. The van der Waals surface area contributed by atoms with E-state index in [1.165, 1.54) is 13.0 Å². The zero-order chi connectivity index (χ0) is 19.2. The van der Waals surface area contributed by atoms with Crippen LogP contribution in [0.25, 0.3) is 5.78 Å². The minimum Gasteiger partial charge on any atom is -0.358 e. The number of aryl methyl sites for hydroxylation is 1. The van der Waals surface area contributed by atoms with Crippen molar-refractivity contribution >= 4 is 11.6 Å². The van der Waals surface area contributed by atoms with Gasteiger partial charge in [-0.1, -0.05) is 20.8 Å². The monoisotopic (exact) mass is 369 g/mol. The van der Waals surface area contributed by atoms with Crippen molar-refractivity contribution in [3.05, 3.63) is 17.6 Å². The number of nitrogens with zero attached hydrogens (tertiary/aromatic N) is 4. The molecule has 11 heteroatoms. The number of fused-ring (bicyclic) bond motifs is 1. The molecule has 0 aliphatic heterocycles. The summed E-state index contributed by atoms with van der Waals surface area (Å²) in [6.07, 6.45) is -9.70. The number of hydrogen-bond acceptors (Lipinski definition) is 4. The van der Waals surface area contributed by atoms with Crippen LogP contribution in [0.3, 0.4) is 0 Å². The van der Waals surface area contributed by atoms with Crippen LogP contribution >= 0.6 is 0 Å². The molecule has 1 N–H and O–H groups in total. The molecule has 0 saturated carbocycles. The third-order valence-corrected chi connectivity index (χ3v) is 3.23. The molecule has 0 saturated heterocycles. The standard InChI is InChI=1S/C14H17F6N5/c1-7-5-9(22-8(13(15,16)17)6-12(2,3)4)25-11(21-7)23-10(24-25)14(18,19)20/h5,8,22H,6H2,1-4H3/t8-/m1/s1. The molecule has 2 aromatic heterocycles. The normalized spacial score (nSPS) is 14.8. The molecule has 5 nitrogen and oxygen atoms in total. The van der Waals surface area contributed by atoms with Crippen LogP contribution in [-0.4, -0.2) is 31.8 Å². The predicted octanol–water partition coefficient (Wildman–Crippen LogP) is 4.23. The van der Waals surface area contributed by atoms with E-state index >= 15 is 0 Å². The maximum Gasteiger partial charge on any atom is 0.453 e. The van der Waals surface area contributed by atoms with E-state index in [-0.39, 0.29) is 17.9 Å². The Hall–Kier alpha value is -2.07. The predicted molar refractivity (Wildman–Crippen MR) is 78.1 cm³/mol. The molecule has 140 valence electrons. The molecule has 0 unspecified atom stereocenters. The average Bonchev–Trinajstić information content (AvgIpc) is 2.78. The molecule has 2 aromatic rings. The van der Waals surface area contributed by atoms with Crippen LogP contribution in [0.1, 0.15) is 38.7 Å². The molecule has 0 bridgehead atoms. The lowest BCUT2D eigenvalue weighted by Crippen LogP contribution is -2.39. The average molecular weight is 369 g/mol. The fraction of sp³-hybridized carbons (Fsp3) is 0.643. The second kappa shape index (κ2) is 6.03. The van der Waals surface area contributed by atoms with Crippen LogP contribution in [-0.2, 0) is 6.18 Å². The first-order valence-electron chi connectivity index (χ1n) is 7.32. The Morgan fingerprint density at radius 2 is 1.68 bits per heavy atom. The lowest BCUT2D eigenvalue weighted by Gasteiger charge is -2.29. The van der Waals surface area contributed by atoms with Crippen LogP contribution in [0.4, 0.5) is 32.2 Å². The van der Waals surface area contributed by atoms with Gasteiger partial charge in [-0.15, -0.1) is 5.10 Å². The highest BCUT2D eigenvalue weighted by atomic mass is 19.4. The number of halogens is 6. The van der Waals surface area contributed by atoms with Gasteiger partial charge in [0.15, 0.2) is 0 Å². The highest BCUT2D eigenvalue weighted by Crippen LogP contribution is 2.33. The van der Waals surface area contributed by atoms with Crippen LogP contribution in [0.15, 0.2) is 6.07 Å². The fourth-order valence-electron chi connectivity index (χ4n) is 2.25. The Bertz CT molecular complexity index is 756. The van der Waals surface area contributed by atoms with Crippen LogP contribution in [0.5, 0.6) is 0 Å². The van der Waals surface area contributed by atoms with Gasteiger partial charge in [0.25, 0.3) is 11.6 Å². The molecule has 0 radical (unpaired) electrons. The Labute approximate surface area is 139 Å². The molecule has 2 rings (SSSR count). The molecule has 2 heterocycles. The number of alkyl halides is 6. The molecule has 0 aliphatic carbocycles. The van der Waals surface area contributed by atoms with Gasteiger partial charge in [-0.05, 0) is 18.8 Å². The number of nitrogens with one attached hydrogen (secondary N) is 1. The summed E-state index contributed by atoms with van der Waals surface area (Å²) in [6, 6.07) is -0.764. The minimum absolute atomic E-state index is 0.216. The SMILES string of the molecule is Cc1cc(N[C@H](CC(C)(C)C)C(F)(F)F)n2nc(C(F)(F)F)nc2n1. The van der Waals surface area contributed by atoms with Crippen molar-refractivity contribution < 1.29 is 26.3 Å². The van der Waals surface area contributed by atoms with Gasteiger partial charge < -0.3 is 5.32 Å². The molecular formula is C14H17F6N5. The molecular weight excluding hydrogens is 352 g/mol. The molecule has 0 amide bonds. The van der Waals surface area contributed by atoms with Gasteiger partial charge in [0.1, 0.15) is 11.9 Å². The summed E-state index contributed by atoms with van der Waals surface area (Å²) < 4.78 is 78.9. The van der Waals surface area contributed by atoms with Gasteiger partial charge in [-0.2, -0.15) is 35.8 Å². The summed E-state index contributed by atoms with van der Waals surface area (Å²) in [7, 11) is 0. The summed E-state index contributed by atoms with van der Waals surface area (Å²) in [6.45, 7) is 6.35. The van der Waals surface area contributed by atoms with Gasteiger partial charge in [0, 0.05) is 11.8 Å². The maximum atomic E-state index is 13.3. The summed E-state index contributed by atoms with van der Waals surface area (Å²) in [5.74, 6) is -2.14. The van der Waals surface area contributed by atoms with Gasteiger partial charge in [0.2, 0.25) is 0 Å². The smallest absolute Gasteiger partial charge is 0.358 e. The van der Waals surface area contributed by atoms with Crippen molar-refractivity contribution in [1.82, 2.24) is 19.6 Å². The highest BCUT2D eigenvalue weighted by Gasteiger charge is 2.42. The quantitative estimate of drug-likeness (QED) is 0.823. The Morgan fingerprint density at radius 1 is 1.08 bits per heavy atom. The van der Waals surface area contributed by atoms with Crippen molar-refractivity contribution in [3.63, 3.8) is 0 Å². The number of rotatable bonds is 3. The Balaban J connectivity index is 2.49. The van der Waals surface area contributed by atoms with E-state index in [4.69, 9.17) is 0 Å². The van der Waals surface area contributed by atoms with Crippen molar-refractivity contribution in [2.75, 3.05) is 5.32 Å². The van der Waals surface area contributed by atoms with E-state index in [1.54, 1.807) is 20.8 Å². The van der Waals surface area contributed by atoms with Crippen LogP contribution in [0, 0.1) is 12.3 Å². The van der Waals surface area contributed by atoms with Gasteiger partial charge in [-0.3, -0.25) is 0 Å². The molecule has 0 aliphatic rings. The van der Waals surface area contributed by atoms with Crippen molar-refractivity contribution in [1.29, 1.82) is 0 Å². The highest BCUT2D eigenvalue weighted by molar-refractivity contribution is 5.46. The largest absolute Gasteiger partial charge is 0.453 e.